The predicted molar refractivity (Wildman–Crippen MR) is 128 cm³/mol. The van der Waals surface area contributed by atoms with Crippen LogP contribution in [0.1, 0.15) is 38.4 Å². The summed E-state index contributed by atoms with van der Waals surface area (Å²) in [6, 6.07) is 4.26. The number of benzene rings is 1. The predicted octanol–water partition coefficient (Wildman–Crippen LogP) is 4.37. The Kier molecular flexibility index (Phi) is 7.40. The standard InChI is InChI=1S/C23H25Cl2N3O4S/c1-13-22(33-14(2)26-13)20(29)18-19(15-4-5-16(24)17(25)12-15)28(23(31)21(18)30)7-3-6-27-8-10-32-11-9-27/h4-5,12,19,30H,3,6-11H2,1-2H3. The van der Waals surface area contributed by atoms with Gasteiger partial charge in [0.2, 0.25) is 5.78 Å². The van der Waals surface area contributed by atoms with Crippen LogP contribution in [0.25, 0.3) is 0 Å². The maximum atomic E-state index is 13.5. The number of hydrogen-bond acceptors (Lipinski definition) is 7. The minimum atomic E-state index is -0.758. The topological polar surface area (TPSA) is 83.0 Å². The maximum Gasteiger partial charge on any atom is 0.290 e. The van der Waals surface area contributed by atoms with Gasteiger partial charge in [0.25, 0.3) is 5.91 Å². The van der Waals surface area contributed by atoms with Crippen LogP contribution in [0.4, 0.5) is 0 Å². The van der Waals surface area contributed by atoms with Gasteiger partial charge in [-0.2, -0.15) is 0 Å². The number of aliphatic hydroxyl groups is 1. The summed E-state index contributed by atoms with van der Waals surface area (Å²) in [5.41, 5.74) is 1.25. The molecule has 1 unspecified atom stereocenters. The third-order valence-corrected chi connectivity index (χ3v) is 7.71. The lowest BCUT2D eigenvalue weighted by molar-refractivity contribution is -0.129. The van der Waals surface area contributed by atoms with Crippen LogP contribution in [0.5, 0.6) is 0 Å². The van der Waals surface area contributed by atoms with Crippen molar-refractivity contribution in [2.45, 2.75) is 26.3 Å². The molecule has 0 bridgehead atoms. The van der Waals surface area contributed by atoms with Crippen LogP contribution in [-0.2, 0) is 9.53 Å². The fourth-order valence-corrected chi connectivity index (χ4v) is 5.48. The van der Waals surface area contributed by atoms with Crippen molar-refractivity contribution in [2.24, 2.45) is 0 Å². The molecule has 0 saturated carbocycles. The SMILES string of the molecule is Cc1nc(C)c(C(=O)C2=C(O)C(=O)N(CCCN3CCOCC3)C2c2ccc(Cl)c(Cl)c2)s1. The first-order chi connectivity index (χ1) is 15.8. The number of Topliss-reactive ketones (excluding diaryl/α,β-unsaturated/α-hetero) is 1. The number of aryl methyl sites for hydroxylation is 2. The first-order valence-electron chi connectivity index (χ1n) is 10.8. The van der Waals surface area contributed by atoms with Crippen LogP contribution in [0.15, 0.2) is 29.5 Å². The second kappa shape index (κ2) is 10.1. The van der Waals surface area contributed by atoms with Crippen molar-refractivity contribution in [2.75, 3.05) is 39.4 Å². The van der Waals surface area contributed by atoms with Gasteiger partial charge < -0.3 is 14.7 Å². The molecule has 0 spiro atoms. The Morgan fingerprint density at radius 2 is 1.94 bits per heavy atom. The molecule has 3 heterocycles. The second-order valence-electron chi connectivity index (χ2n) is 8.12. The first-order valence-corrected chi connectivity index (χ1v) is 12.3. The number of rotatable bonds is 7. The molecule has 10 heteroatoms. The molecule has 4 rings (SSSR count). The molecule has 0 aliphatic carbocycles. The summed E-state index contributed by atoms with van der Waals surface area (Å²) in [6.07, 6.45) is 0.691. The number of morpholine rings is 1. The zero-order chi connectivity index (χ0) is 23.7. The quantitative estimate of drug-likeness (QED) is 0.558. The summed E-state index contributed by atoms with van der Waals surface area (Å²) in [7, 11) is 0. The molecule has 1 N–H and O–H groups in total. The zero-order valence-corrected chi connectivity index (χ0v) is 20.8. The molecule has 2 aliphatic rings. The van der Waals surface area contributed by atoms with Crippen molar-refractivity contribution in [3.63, 3.8) is 0 Å². The Morgan fingerprint density at radius 1 is 1.21 bits per heavy atom. The molecule has 7 nitrogen and oxygen atoms in total. The monoisotopic (exact) mass is 509 g/mol. The average molecular weight is 510 g/mol. The average Bonchev–Trinajstić information content (AvgIpc) is 3.26. The fraction of sp³-hybridized carbons (Fsp3) is 0.435. The molecule has 1 saturated heterocycles. The van der Waals surface area contributed by atoms with Crippen LogP contribution in [-0.4, -0.2) is 71.0 Å². The van der Waals surface area contributed by atoms with Gasteiger partial charge in [0, 0.05) is 26.2 Å². The van der Waals surface area contributed by atoms with E-state index in [0.29, 0.717) is 52.4 Å². The molecular formula is C23H25Cl2N3O4S. The lowest BCUT2D eigenvalue weighted by Gasteiger charge is -2.30. The number of aromatic nitrogens is 1. The van der Waals surface area contributed by atoms with Gasteiger partial charge in [-0.15, -0.1) is 11.3 Å². The Hall–Kier alpha value is -1.97. The highest BCUT2D eigenvalue weighted by molar-refractivity contribution is 7.14. The van der Waals surface area contributed by atoms with E-state index < -0.39 is 23.5 Å². The van der Waals surface area contributed by atoms with Gasteiger partial charge in [-0.1, -0.05) is 29.3 Å². The van der Waals surface area contributed by atoms with Crippen molar-refractivity contribution in [3.05, 3.63) is 60.7 Å². The molecule has 1 atom stereocenters. The zero-order valence-electron chi connectivity index (χ0n) is 18.4. The number of ether oxygens (including phenoxy) is 1. The number of amides is 1. The number of nitrogens with zero attached hydrogens (tertiary/aromatic N) is 3. The molecule has 33 heavy (non-hydrogen) atoms. The van der Waals surface area contributed by atoms with Gasteiger partial charge in [-0.25, -0.2) is 4.98 Å². The largest absolute Gasteiger partial charge is 0.503 e. The summed E-state index contributed by atoms with van der Waals surface area (Å²) >= 11 is 13.6. The smallest absolute Gasteiger partial charge is 0.290 e. The number of carbonyl (C=O) groups is 2. The molecule has 1 aromatic heterocycles. The van der Waals surface area contributed by atoms with E-state index in [1.165, 1.54) is 11.3 Å². The normalized spacial score (nSPS) is 19.6. The number of aliphatic hydroxyl groups excluding tert-OH is 1. The van der Waals surface area contributed by atoms with E-state index in [1.807, 2.05) is 6.92 Å². The van der Waals surface area contributed by atoms with Gasteiger partial charge in [0.1, 0.15) is 0 Å². The van der Waals surface area contributed by atoms with Gasteiger partial charge in [0.05, 0.1) is 50.5 Å². The van der Waals surface area contributed by atoms with Crippen LogP contribution in [0.2, 0.25) is 10.0 Å². The van der Waals surface area contributed by atoms with E-state index in [-0.39, 0.29) is 5.57 Å². The lowest BCUT2D eigenvalue weighted by atomic mass is 9.95. The van der Waals surface area contributed by atoms with Crippen LogP contribution < -0.4 is 0 Å². The summed E-state index contributed by atoms with van der Waals surface area (Å²) in [5.74, 6) is -1.47. The van der Waals surface area contributed by atoms with Crippen molar-refractivity contribution in [3.8, 4) is 0 Å². The van der Waals surface area contributed by atoms with Gasteiger partial charge >= 0.3 is 0 Å². The van der Waals surface area contributed by atoms with E-state index in [9.17, 15) is 14.7 Å². The minimum absolute atomic E-state index is 0.0523. The number of halogens is 2. The Labute approximate surface area is 206 Å². The summed E-state index contributed by atoms with van der Waals surface area (Å²) in [5, 5.41) is 12.3. The number of carbonyl (C=O) groups excluding carboxylic acids is 2. The third kappa shape index (κ3) is 4.95. The van der Waals surface area contributed by atoms with E-state index in [4.69, 9.17) is 27.9 Å². The van der Waals surface area contributed by atoms with Crippen molar-refractivity contribution in [1.82, 2.24) is 14.8 Å². The minimum Gasteiger partial charge on any atom is -0.503 e. The molecular weight excluding hydrogens is 485 g/mol. The van der Waals surface area contributed by atoms with Gasteiger partial charge in [-0.05, 0) is 38.0 Å². The molecule has 2 aromatic rings. The van der Waals surface area contributed by atoms with Crippen molar-refractivity contribution in [1.29, 1.82) is 0 Å². The Morgan fingerprint density at radius 3 is 2.58 bits per heavy atom. The third-order valence-electron chi connectivity index (χ3n) is 5.89. The maximum absolute atomic E-state index is 13.5. The van der Waals surface area contributed by atoms with Gasteiger partial charge in [-0.3, -0.25) is 14.5 Å². The second-order valence-corrected chi connectivity index (χ2v) is 10.1. The molecule has 1 fully saturated rings. The van der Waals surface area contributed by atoms with E-state index in [0.717, 1.165) is 24.6 Å². The van der Waals surface area contributed by atoms with Crippen LogP contribution in [0.3, 0.4) is 0 Å². The highest BCUT2D eigenvalue weighted by Gasteiger charge is 2.44. The highest BCUT2D eigenvalue weighted by Crippen LogP contribution is 2.41. The fourth-order valence-electron chi connectivity index (χ4n) is 4.30. The van der Waals surface area contributed by atoms with Crippen molar-refractivity contribution < 1.29 is 19.4 Å². The highest BCUT2D eigenvalue weighted by atomic mass is 35.5. The molecule has 1 aromatic carbocycles. The number of hydrogen-bond donors (Lipinski definition) is 1. The Bertz CT molecular complexity index is 1110. The van der Waals surface area contributed by atoms with Gasteiger partial charge in [0.15, 0.2) is 5.76 Å². The summed E-state index contributed by atoms with van der Waals surface area (Å²) in [4.78, 5) is 35.2. The van der Waals surface area contributed by atoms with E-state index >= 15 is 0 Å². The molecule has 0 radical (unpaired) electrons. The first kappa shape index (κ1) is 24.2. The number of ketones is 1. The summed E-state index contributed by atoms with van der Waals surface area (Å²) in [6.45, 7) is 7.83. The van der Waals surface area contributed by atoms with Crippen molar-refractivity contribution >= 4 is 46.2 Å². The van der Waals surface area contributed by atoms with Crippen LogP contribution >= 0.6 is 34.5 Å². The van der Waals surface area contributed by atoms with Crippen LogP contribution in [0, 0.1) is 13.8 Å². The summed E-state index contributed by atoms with van der Waals surface area (Å²) < 4.78 is 5.39. The Balaban J connectivity index is 1.66. The number of thiazole rings is 1. The van der Waals surface area contributed by atoms with E-state index in [2.05, 4.69) is 9.88 Å². The molecule has 1 amide bonds. The van der Waals surface area contributed by atoms with E-state index in [1.54, 1.807) is 30.0 Å². The lowest BCUT2D eigenvalue weighted by Crippen LogP contribution is -2.39. The molecule has 176 valence electrons. The molecule has 2 aliphatic heterocycles.